The number of amidine groups is 1. The van der Waals surface area contributed by atoms with Crippen LogP contribution < -0.4 is 16.6 Å². The molecule has 0 aliphatic carbocycles. The van der Waals surface area contributed by atoms with Crippen LogP contribution >= 0.6 is 11.8 Å². The van der Waals surface area contributed by atoms with Crippen molar-refractivity contribution in [2.24, 2.45) is 10.8 Å². The number of thioether (sulfide) groups is 1. The summed E-state index contributed by atoms with van der Waals surface area (Å²) in [6.45, 7) is 0. The molecule has 0 spiro atoms. The number of nitrogens with two attached hydrogens (primary N) is 1. The van der Waals surface area contributed by atoms with Gasteiger partial charge in [0.05, 0.1) is 5.75 Å². The van der Waals surface area contributed by atoms with Crippen LogP contribution in [0.2, 0.25) is 0 Å². The number of imide groups is 1. The number of rotatable bonds is 2. The number of nitrogens with one attached hydrogen (secondary N) is 2. The maximum absolute atomic E-state index is 11.9. The lowest BCUT2D eigenvalue weighted by atomic mass is 10.1. The fourth-order valence-corrected chi connectivity index (χ4v) is 2.59. The molecule has 0 aromatic heterocycles. The molecule has 0 radical (unpaired) electrons. The SMILES string of the molecule is CN1C(=O)[C@@H]2NC(SCC(=O)NN)=N[C@@H]2N(C)C1=O. The molecule has 9 nitrogen and oxygen atoms in total. The van der Waals surface area contributed by atoms with Crippen LogP contribution in [0.4, 0.5) is 4.79 Å². The van der Waals surface area contributed by atoms with E-state index in [1.807, 2.05) is 5.43 Å². The zero-order chi connectivity index (χ0) is 14.2. The summed E-state index contributed by atoms with van der Waals surface area (Å²) < 4.78 is 0. The van der Waals surface area contributed by atoms with Crippen molar-refractivity contribution in [3.8, 4) is 0 Å². The van der Waals surface area contributed by atoms with Gasteiger partial charge in [0, 0.05) is 14.1 Å². The molecule has 0 bridgehead atoms. The van der Waals surface area contributed by atoms with E-state index in [0.717, 1.165) is 16.7 Å². The van der Waals surface area contributed by atoms with Crippen molar-refractivity contribution >= 4 is 34.8 Å². The molecule has 4 N–H and O–H groups in total. The summed E-state index contributed by atoms with van der Waals surface area (Å²) in [5, 5.41) is 3.36. The second-order valence-electron chi connectivity index (χ2n) is 4.12. The summed E-state index contributed by atoms with van der Waals surface area (Å²) in [5.74, 6) is 4.37. The van der Waals surface area contributed by atoms with Gasteiger partial charge in [0.25, 0.3) is 5.91 Å². The third-order valence-corrected chi connectivity index (χ3v) is 3.81. The zero-order valence-electron chi connectivity index (χ0n) is 10.4. The lowest BCUT2D eigenvalue weighted by Gasteiger charge is -2.36. The predicted molar refractivity (Wildman–Crippen MR) is 68.9 cm³/mol. The van der Waals surface area contributed by atoms with Crippen LogP contribution in [-0.2, 0) is 9.59 Å². The van der Waals surface area contributed by atoms with Gasteiger partial charge < -0.3 is 10.2 Å². The molecule has 19 heavy (non-hydrogen) atoms. The Morgan fingerprint density at radius 2 is 2.21 bits per heavy atom. The van der Waals surface area contributed by atoms with Crippen molar-refractivity contribution in [1.29, 1.82) is 0 Å². The molecule has 0 aromatic rings. The van der Waals surface area contributed by atoms with Crippen LogP contribution in [0.3, 0.4) is 0 Å². The molecule has 2 aliphatic heterocycles. The normalized spacial score (nSPS) is 25.9. The Bertz CT molecular complexity index is 467. The zero-order valence-corrected chi connectivity index (χ0v) is 11.2. The Morgan fingerprint density at radius 1 is 1.53 bits per heavy atom. The van der Waals surface area contributed by atoms with E-state index in [0.29, 0.717) is 5.17 Å². The average Bonchev–Trinajstić information content (AvgIpc) is 2.84. The van der Waals surface area contributed by atoms with Crippen molar-refractivity contribution in [2.45, 2.75) is 12.2 Å². The van der Waals surface area contributed by atoms with Crippen LogP contribution in [0.15, 0.2) is 4.99 Å². The summed E-state index contributed by atoms with van der Waals surface area (Å²) in [6.07, 6.45) is -0.570. The molecule has 104 valence electrons. The molecule has 0 saturated carbocycles. The minimum Gasteiger partial charge on any atom is -0.350 e. The van der Waals surface area contributed by atoms with Crippen LogP contribution in [0.5, 0.6) is 0 Å². The van der Waals surface area contributed by atoms with Gasteiger partial charge >= 0.3 is 6.03 Å². The van der Waals surface area contributed by atoms with E-state index in [1.165, 1.54) is 11.9 Å². The van der Waals surface area contributed by atoms with Crippen molar-refractivity contribution < 1.29 is 14.4 Å². The van der Waals surface area contributed by atoms with Gasteiger partial charge in [0.15, 0.2) is 11.3 Å². The number of likely N-dealkylation sites (N-methyl/N-ethyl adjacent to an activating group) is 2. The topological polar surface area (TPSA) is 120 Å². The Balaban J connectivity index is 2.07. The highest BCUT2D eigenvalue weighted by molar-refractivity contribution is 8.14. The van der Waals surface area contributed by atoms with Gasteiger partial charge in [-0.05, 0) is 0 Å². The largest absolute Gasteiger partial charge is 0.350 e. The lowest BCUT2D eigenvalue weighted by Crippen LogP contribution is -2.63. The van der Waals surface area contributed by atoms with Gasteiger partial charge in [-0.3, -0.25) is 19.9 Å². The number of aliphatic imine (C=N–C) groups is 1. The third-order valence-electron chi connectivity index (χ3n) is 2.91. The van der Waals surface area contributed by atoms with E-state index in [9.17, 15) is 14.4 Å². The van der Waals surface area contributed by atoms with E-state index >= 15 is 0 Å². The molecule has 1 fully saturated rings. The molecule has 2 heterocycles. The summed E-state index contributed by atoms with van der Waals surface area (Å²) >= 11 is 1.13. The smallest absolute Gasteiger partial charge is 0.328 e. The van der Waals surface area contributed by atoms with Crippen molar-refractivity contribution in [1.82, 2.24) is 20.5 Å². The number of nitrogens with zero attached hydrogens (tertiary/aromatic N) is 3. The standard InChI is InChI=1S/C9H14N6O3S/c1-14-6-5(7(17)15(2)9(14)18)11-8(12-6)19-3-4(16)13-10/h5-6H,3,10H2,1-2H3,(H,11,12)(H,13,16)/t5-,6-/m1/s1. The maximum atomic E-state index is 11.9. The second-order valence-corrected chi connectivity index (χ2v) is 5.08. The number of hydrogen-bond donors (Lipinski definition) is 3. The first-order valence-electron chi connectivity index (χ1n) is 5.46. The molecule has 0 unspecified atom stereocenters. The van der Waals surface area contributed by atoms with Crippen molar-refractivity contribution in [2.75, 3.05) is 19.8 Å². The Hall–Kier alpha value is -1.81. The molecule has 10 heteroatoms. The van der Waals surface area contributed by atoms with E-state index in [-0.39, 0.29) is 17.6 Å². The van der Waals surface area contributed by atoms with E-state index in [4.69, 9.17) is 5.84 Å². The second kappa shape index (κ2) is 5.05. The fraction of sp³-hybridized carbons (Fsp3) is 0.556. The maximum Gasteiger partial charge on any atom is 0.328 e. The number of hydrazine groups is 1. The monoisotopic (exact) mass is 286 g/mol. The van der Waals surface area contributed by atoms with Crippen LogP contribution in [0, 0.1) is 0 Å². The first-order valence-corrected chi connectivity index (χ1v) is 6.45. The van der Waals surface area contributed by atoms with Crippen molar-refractivity contribution in [3.63, 3.8) is 0 Å². The minimum atomic E-state index is -0.601. The summed E-state index contributed by atoms with van der Waals surface area (Å²) in [7, 11) is 3.00. The Morgan fingerprint density at radius 3 is 2.84 bits per heavy atom. The molecular weight excluding hydrogens is 272 g/mol. The molecule has 2 rings (SSSR count). The fourth-order valence-electron chi connectivity index (χ4n) is 1.85. The Labute approximate surface area is 113 Å². The Kier molecular flexibility index (Phi) is 3.62. The third kappa shape index (κ3) is 2.36. The van der Waals surface area contributed by atoms with Gasteiger partial charge in [-0.1, -0.05) is 11.8 Å². The number of amides is 4. The van der Waals surface area contributed by atoms with Gasteiger partial charge in [0.1, 0.15) is 6.04 Å². The van der Waals surface area contributed by atoms with Crippen LogP contribution in [0.1, 0.15) is 0 Å². The minimum absolute atomic E-state index is 0.0868. The van der Waals surface area contributed by atoms with Gasteiger partial charge in [0.2, 0.25) is 5.91 Å². The van der Waals surface area contributed by atoms with Gasteiger partial charge in [-0.15, -0.1) is 0 Å². The number of urea groups is 1. The summed E-state index contributed by atoms with van der Waals surface area (Å²) in [4.78, 5) is 41.4. The number of carbonyl (C=O) groups excluding carboxylic acids is 3. The molecule has 4 amide bonds. The average molecular weight is 286 g/mol. The molecule has 0 aromatic carbocycles. The van der Waals surface area contributed by atoms with E-state index in [2.05, 4.69) is 10.3 Å². The quantitative estimate of drug-likeness (QED) is 0.303. The number of fused-ring (bicyclic) bond motifs is 1. The highest BCUT2D eigenvalue weighted by Gasteiger charge is 2.46. The molecule has 2 aliphatic rings. The predicted octanol–water partition coefficient (Wildman–Crippen LogP) is -2.11. The van der Waals surface area contributed by atoms with Gasteiger partial charge in [-0.2, -0.15) is 0 Å². The number of hydrogen-bond acceptors (Lipinski definition) is 7. The van der Waals surface area contributed by atoms with Crippen molar-refractivity contribution in [3.05, 3.63) is 0 Å². The molecular formula is C9H14N6O3S. The molecule has 2 atom stereocenters. The van der Waals surface area contributed by atoms with Crippen LogP contribution in [-0.4, -0.2) is 64.9 Å². The first kappa shape index (κ1) is 13.6. The molecule has 1 saturated heterocycles. The first-order chi connectivity index (χ1) is 8.95. The lowest BCUT2D eigenvalue weighted by molar-refractivity contribution is -0.133. The summed E-state index contributed by atoms with van der Waals surface area (Å²) in [6, 6.07) is -1.00. The highest BCUT2D eigenvalue weighted by Crippen LogP contribution is 2.23. The van der Waals surface area contributed by atoms with Crippen LogP contribution in [0.25, 0.3) is 0 Å². The number of carbonyl (C=O) groups is 3. The summed E-state index contributed by atoms with van der Waals surface area (Å²) in [5.41, 5.74) is 2.00. The van der Waals surface area contributed by atoms with Gasteiger partial charge in [-0.25, -0.2) is 15.6 Å². The highest BCUT2D eigenvalue weighted by atomic mass is 32.2. The van der Waals surface area contributed by atoms with E-state index < -0.39 is 18.2 Å². The van der Waals surface area contributed by atoms with E-state index in [1.54, 1.807) is 7.05 Å².